The average molecular weight is 319 g/mol. The molecule has 0 atom stereocenters. The van der Waals surface area contributed by atoms with Crippen LogP contribution in [0.25, 0.3) is 0 Å². The van der Waals surface area contributed by atoms with Gasteiger partial charge in [0.1, 0.15) is 0 Å². The third kappa shape index (κ3) is 7.98. The highest BCUT2D eigenvalue weighted by Crippen LogP contribution is 2.03. The van der Waals surface area contributed by atoms with Crippen molar-refractivity contribution in [3.05, 3.63) is 30.1 Å². The lowest BCUT2D eigenvalue weighted by Gasteiger charge is -2.29. The zero-order valence-corrected chi connectivity index (χ0v) is 15.3. The van der Waals surface area contributed by atoms with Crippen molar-refractivity contribution in [2.24, 2.45) is 4.99 Å². The Labute approximate surface area is 141 Å². The van der Waals surface area contributed by atoms with Crippen LogP contribution in [-0.2, 0) is 6.42 Å². The third-order valence-electron chi connectivity index (χ3n) is 3.70. The highest BCUT2D eigenvalue weighted by Gasteiger charge is 2.12. The van der Waals surface area contributed by atoms with E-state index in [1.807, 2.05) is 18.3 Å². The lowest BCUT2D eigenvalue weighted by molar-refractivity contribution is 0.181. The Morgan fingerprint density at radius 1 is 1.17 bits per heavy atom. The van der Waals surface area contributed by atoms with E-state index in [0.717, 1.165) is 44.3 Å². The van der Waals surface area contributed by atoms with Crippen molar-refractivity contribution < 1.29 is 0 Å². The number of hydrogen-bond acceptors (Lipinski definition) is 3. The molecule has 5 heteroatoms. The summed E-state index contributed by atoms with van der Waals surface area (Å²) in [6.45, 7) is 14.5. The van der Waals surface area contributed by atoms with Gasteiger partial charge in [-0.25, -0.2) is 0 Å². The number of nitrogens with zero attached hydrogens (tertiary/aromatic N) is 3. The van der Waals surface area contributed by atoms with Crippen LogP contribution in [0.5, 0.6) is 0 Å². The largest absolute Gasteiger partial charge is 0.357 e. The number of pyridine rings is 1. The number of nitrogens with one attached hydrogen (secondary N) is 2. The molecule has 0 spiro atoms. The highest BCUT2D eigenvalue weighted by atomic mass is 15.2. The predicted molar refractivity (Wildman–Crippen MR) is 98.9 cm³/mol. The molecule has 0 saturated heterocycles. The molecule has 0 radical (unpaired) electrons. The van der Waals surface area contributed by atoms with E-state index >= 15 is 0 Å². The van der Waals surface area contributed by atoms with Gasteiger partial charge in [-0.2, -0.15) is 0 Å². The van der Waals surface area contributed by atoms with Crippen LogP contribution in [0, 0.1) is 0 Å². The van der Waals surface area contributed by atoms with Crippen LogP contribution in [0.4, 0.5) is 0 Å². The Bertz CT molecular complexity index is 434. The van der Waals surface area contributed by atoms with E-state index in [0.29, 0.717) is 12.1 Å². The molecule has 1 heterocycles. The Hall–Kier alpha value is -1.62. The fraction of sp³-hybridized carbons (Fsp3) is 0.667. The SMILES string of the molecule is CCNC(=NCCN(C(C)C)C(C)C)NCCc1ccccn1. The first kappa shape index (κ1) is 19.4. The standard InChI is InChI=1S/C18H33N5/c1-6-19-18(21-12-10-17-9-7-8-11-20-17)22-13-14-23(15(2)3)16(4)5/h7-9,11,15-16H,6,10,12-14H2,1-5H3,(H2,19,21,22). The molecule has 1 aromatic rings. The second-order valence-electron chi connectivity index (χ2n) is 6.18. The first-order valence-corrected chi connectivity index (χ1v) is 8.72. The molecule has 0 aliphatic heterocycles. The molecule has 0 unspecified atom stereocenters. The zero-order chi connectivity index (χ0) is 17.1. The number of rotatable bonds is 9. The second kappa shape index (κ2) is 11.0. The van der Waals surface area contributed by atoms with Crippen molar-refractivity contribution >= 4 is 5.96 Å². The molecular weight excluding hydrogens is 286 g/mol. The molecular formula is C18H33N5. The van der Waals surface area contributed by atoms with Crippen LogP contribution < -0.4 is 10.6 Å². The summed E-state index contributed by atoms with van der Waals surface area (Å²) in [6, 6.07) is 7.11. The van der Waals surface area contributed by atoms with Crippen molar-refractivity contribution in [3.8, 4) is 0 Å². The van der Waals surface area contributed by atoms with Gasteiger partial charge < -0.3 is 10.6 Å². The number of hydrogen-bond donors (Lipinski definition) is 2. The quantitative estimate of drug-likeness (QED) is 0.542. The molecule has 130 valence electrons. The van der Waals surface area contributed by atoms with Gasteiger partial charge in [-0.1, -0.05) is 6.07 Å². The van der Waals surface area contributed by atoms with Crippen molar-refractivity contribution in [2.45, 2.75) is 53.1 Å². The summed E-state index contributed by atoms with van der Waals surface area (Å²) >= 11 is 0. The van der Waals surface area contributed by atoms with Crippen LogP contribution in [-0.4, -0.2) is 54.1 Å². The van der Waals surface area contributed by atoms with Crippen molar-refractivity contribution in [3.63, 3.8) is 0 Å². The van der Waals surface area contributed by atoms with Crippen molar-refractivity contribution in [2.75, 3.05) is 26.2 Å². The molecule has 0 amide bonds. The number of aliphatic imine (C=N–C) groups is 1. The first-order valence-electron chi connectivity index (χ1n) is 8.72. The minimum atomic E-state index is 0.546. The minimum absolute atomic E-state index is 0.546. The van der Waals surface area contributed by atoms with Gasteiger partial charge in [-0.3, -0.25) is 14.9 Å². The molecule has 1 aromatic heterocycles. The maximum absolute atomic E-state index is 4.68. The van der Waals surface area contributed by atoms with Crippen molar-refractivity contribution in [1.29, 1.82) is 0 Å². The third-order valence-corrected chi connectivity index (χ3v) is 3.70. The van der Waals surface area contributed by atoms with Gasteiger partial charge in [0.15, 0.2) is 5.96 Å². The average Bonchev–Trinajstić information content (AvgIpc) is 2.51. The Balaban J connectivity index is 2.43. The maximum Gasteiger partial charge on any atom is 0.191 e. The Morgan fingerprint density at radius 3 is 2.48 bits per heavy atom. The molecule has 0 saturated carbocycles. The lowest BCUT2D eigenvalue weighted by Crippen LogP contribution is -2.41. The topological polar surface area (TPSA) is 52.6 Å². The fourth-order valence-corrected chi connectivity index (χ4v) is 2.59. The second-order valence-corrected chi connectivity index (χ2v) is 6.18. The summed E-state index contributed by atoms with van der Waals surface area (Å²) in [6.07, 6.45) is 2.73. The summed E-state index contributed by atoms with van der Waals surface area (Å²) in [5.74, 6) is 0.885. The van der Waals surface area contributed by atoms with Gasteiger partial charge >= 0.3 is 0 Å². The van der Waals surface area contributed by atoms with Crippen LogP contribution in [0.1, 0.15) is 40.3 Å². The first-order chi connectivity index (χ1) is 11.0. The zero-order valence-electron chi connectivity index (χ0n) is 15.3. The van der Waals surface area contributed by atoms with Gasteiger partial charge in [-0.05, 0) is 46.8 Å². The summed E-state index contributed by atoms with van der Waals surface area (Å²) < 4.78 is 0. The summed E-state index contributed by atoms with van der Waals surface area (Å²) in [5, 5.41) is 6.68. The monoisotopic (exact) mass is 319 g/mol. The van der Waals surface area contributed by atoms with Crippen LogP contribution in [0.2, 0.25) is 0 Å². The van der Waals surface area contributed by atoms with Crippen molar-refractivity contribution in [1.82, 2.24) is 20.5 Å². The minimum Gasteiger partial charge on any atom is -0.357 e. The molecule has 0 bridgehead atoms. The predicted octanol–water partition coefficient (Wildman–Crippen LogP) is 2.30. The van der Waals surface area contributed by atoms with E-state index in [4.69, 9.17) is 0 Å². The van der Waals surface area contributed by atoms with E-state index in [1.54, 1.807) is 0 Å². The van der Waals surface area contributed by atoms with E-state index < -0.39 is 0 Å². The van der Waals surface area contributed by atoms with Gasteiger partial charge in [0, 0.05) is 50.0 Å². The Morgan fingerprint density at radius 2 is 1.91 bits per heavy atom. The molecule has 1 rings (SSSR count). The maximum atomic E-state index is 4.68. The smallest absolute Gasteiger partial charge is 0.191 e. The highest BCUT2D eigenvalue weighted by molar-refractivity contribution is 5.79. The molecule has 0 aliphatic rings. The van der Waals surface area contributed by atoms with E-state index in [-0.39, 0.29) is 0 Å². The molecule has 0 aromatic carbocycles. The van der Waals surface area contributed by atoms with Crippen LogP contribution in [0.15, 0.2) is 29.4 Å². The van der Waals surface area contributed by atoms with Gasteiger partial charge in [-0.15, -0.1) is 0 Å². The molecule has 2 N–H and O–H groups in total. The summed E-state index contributed by atoms with van der Waals surface area (Å²) in [5.41, 5.74) is 1.10. The summed E-state index contributed by atoms with van der Waals surface area (Å²) in [4.78, 5) is 11.5. The number of guanidine groups is 1. The van der Waals surface area contributed by atoms with Gasteiger partial charge in [0.25, 0.3) is 0 Å². The fourth-order valence-electron chi connectivity index (χ4n) is 2.59. The lowest BCUT2D eigenvalue weighted by atomic mass is 10.2. The normalized spacial score (nSPS) is 12.3. The summed E-state index contributed by atoms with van der Waals surface area (Å²) in [7, 11) is 0. The van der Waals surface area contributed by atoms with Crippen LogP contribution in [0.3, 0.4) is 0 Å². The van der Waals surface area contributed by atoms with E-state index in [2.05, 4.69) is 66.2 Å². The number of aromatic nitrogens is 1. The Kier molecular flexibility index (Phi) is 9.29. The van der Waals surface area contributed by atoms with Crippen LogP contribution >= 0.6 is 0 Å². The van der Waals surface area contributed by atoms with Gasteiger partial charge in [0.05, 0.1) is 6.54 Å². The van der Waals surface area contributed by atoms with E-state index in [1.165, 1.54) is 0 Å². The molecule has 5 nitrogen and oxygen atoms in total. The van der Waals surface area contributed by atoms with E-state index in [9.17, 15) is 0 Å². The molecule has 23 heavy (non-hydrogen) atoms. The molecule has 0 aliphatic carbocycles. The molecule has 0 fully saturated rings. The van der Waals surface area contributed by atoms with Gasteiger partial charge in [0.2, 0.25) is 0 Å².